The largest absolute Gasteiger partial charge is 0.458 e. The van der Waals surface area contributed by atoms with Gasteiger partial charge in [0.25, 0.3) is 0 Å². The molecule has 1 saturated heterocycles. The van der Waals surface area contributed by atoms with Crippen LogP contribution in [-0.2, 0) is 27.3 Å². The highest BCUT2D eigenvalue weighted by molar-refractivity contribution is 5.87. The zero-order valence-corrected chi connectivity index (χ0v) is 12.1. The number of ether oxygens (including phenoxy) is 1. The second kappa shape index (κ2) is 5.46. The van der Waals surface area contributed by atoms with E-state index in [2.05, 4.69) is 15.5 Å². The van der Waals surface area contributed by atoms with E-state index >= 15 is 0 Å². The molecule has 1 atom stereocenters. The summed E-state index contributed by atoms with van der Waals surface area (Å²) in [5, 5.41) is 10.5. The fraction of sp³-hybridized carbons (Fsp3) is 0.714. The molecule has 1 unspecified atom stereocenters. The third kappa shape index (κ3) is 2.64. The minimum atomic E-state index is -0.579. The molecule has 1 aromatic rings. The predicted molar refractivity (Wildman–Crippen MR) is 70.9 cm³/mol. The van der Waals surface area contributed by atoms with Crippen LogP contribution in [0.3, 0.4) is 0 Å². The van der Waals surface area contributed by atoms with Crippen LogP contribution < -0.4 is 5.32 Å². The van der Waals surface area contributed by atoms with Crippen molar-refractivity contribution in [2.75, 3.05) is 0 Å². The summed E-state index contributed by atoms with van der Waals surface area (Å²) in [6.07, 6.45) is 4.38. The first-order valence-electron chi connectivity index (χ1n) is 7.44. The Morgan fingerprint density at radius 2 is 2.05 bits per heavy atom. The highest BCUT2D eigenvalue weighted by Gasteiger charge is 2.53. The summed E-state index contributed by atoms with van der Waals surface area (Å²) in [5.74, 6) is 0.0833. The summed E-state index contributed by atoms with van der Waals surface area (Å²) in [7, 11) is 0. The minimum Gasteiger partial charge on any atom is -0.458 e. The van der Waals surface area contributed by atoms with Gasteiger partial charge in [-0.1, -0.05) is 6.92 Å². The highest BCUT2D eigenvalue weighted by Crippen LogP contribution is 2.45. The van der Waals surface area contributed by atoms with Gasteiger partial charge in [0, 0.05) is 6.42 Å². The van der Waals surface area contributed by atoms with Crippen molar-refractivity contribution in [3.63, 3.8) is 0 Å². The van der Waals surface area contributed by atoms with Gasteiger partial charge in [-0.3, -0.25) is 9.59 Å². The van der Waals surface area contributed by atoms with Crippen molar-refractivity contribution >= 4 is 11.9 Å². The Hall–Kier alpha value is -1.92. The van der Waals surface area contributed by atoms with E-state index in [1.165, 1.54) is 0 Å². The van der Waals surface area contributed by atoms with Gasteiger partial charge in [0.1, 0.15) is 5.60 Å². The molecule has 1 amide bonds. The molecule has 1 aromatic heterocycles. The van der Waals surface area contributed by atoms with Crippen molar-refractivity contribution < 1.29 is 18.7 Å². The Bertz CT molecular complexity index is 548. The van der Waals surface area contributed by atoms with Crippen molar-refractivity contribution in [2.24, 2.45) is 5.92 Å². The highest BCUT2D eigenvalue weighted by atomic mass is 16.6. The molecule has 1 aliphatic heterocycles. The normalized spacial score (nSPS) is 23.5. The number of rotatable bonds is 4. The Morgan fingerprint density at radius 1 is 1.33 bits per heavy atom. The van der Waals surface area contributed by atoms with Crippen molar-refractivity contribution in [3.8, 4) is 0 Å². The number of hydrogen-bond acceptors (Lipinski definition) is 6. The molecule has 2 fully saturated rings. The van der Waals surface area contributed by atoms with E-state index < -0.39 is 11.5 Å². The molecular weight excluding hydrogens is 274 g/mol. The van der Waals surface area contributed by atoms with E-state index in [-0.39, 0.29) is 24.8 Å². The number of carbonyl (C=O) groups excluding carboxylic acids is 2. The van der Waals surface area contributed by atoms with E-state index in [0.29, 0.717) is 18.2 Å². The molecule has 1 N–H and O–H groups in total. The lowest BCUT2D eigenvalue weighted by Crippen LogP contribution is -2.42. The first-order valence-corrected chi connectivity index (χ1v) is 7.44. The standard InChI is InChI=1S/C14H19N3O4/c1-2-10-16-17-11(20-10)8-15-13(19)9-7-12(18)21-14(9)5-3-4-6-14/h9H,2-8H2,1H3,(H,15,19). The van der Waals surface area contributed by atoms with Gasteiger partial charge in [0.2, 0.25) is 17.7 Å². The molecule has 2 aliphatic rings. The molecule has 7 heteroatoms. The summed E-state index contributed by atoms with van der Waals surface area (Å²) >= 11 is 0. The Morgan fingerprint density at radius 3 is 2.71 bits per heavy atom. The molecule has 1 saturated carbocycles. The van der Waals surface area contributed by atoms with Crippen LogP contribution in [0.1, 0.15) is 50.8 Å². The van der Waals surface area contributed by atoms with Crippen LogP contribution in [0, 0.1) is 5.92 Å². The number of amides is 1. The maximum atomic E-state index is 12.4. The maximum absolute atomic E-state index is 12.4. The van der Waals surface area contributed by atoms with Crippen molar-refractivity contribution in [1.29, 1.82) is 0 Å². The van der Waals surface area contributed by atoms with Crippen LogP contribution in [-0.4, -0.2) is 27.7 Å². The maximum Gasteiger partial charge on any atom is 0.307 e. The molecule has 0 bridgehead atoms. The lowest BCUT2D eigenvalue weighted by Gasteiger charge is -2.27. The molecule has 7 nitrogen and oxygen atoms in total. The number of nitrogens with one attached hydrogen (secondary N) is 1. The molecule has 1 spiro atoms. The molecule has 2 heterocycles. The zero-order chi connectivity index (χ0) is 14.9. The fourth-order valence-electron chi connectivity index (χ4n) is 3.24. The van der Waals surface area contributed by atoms with E-state index in [1.54, 1.807) is 0 Å². The quantitative estimate of drug-likeness (QED) is 0.836. The van der Waals surface area contributed by atoms with Crippen molar-refractivity contribution in [3.05, 3.63) is 11.8 Å². The topological polar surface area (TPSA) is 94.3 Å². The third-order valence-electron chi connectivity index (χ3n) is 4.31. The number of nitrogens with zero attached hydrogens (tertiary/aromatic N) is 2. The number of carbonyl (C=O) groups is 2. The van der Waals surface area contributed by atoms with Crippen molar-refractivity contribution in [2.45, 2.75) is 57.6 Å². The van der Waals surface area contributed by atoms with Gasteiger partial charge in [-0.15, -0.1) is 10.2 Å². The Kier molecular flexibility index (Phi) is 3.65. The lowest BCUT2D eigenvalue weighted by atomic mass is 9.85. The van der Waals surface area contributed by atoms with Gasteiger partial charge in [-0.05, 0) is 25.7 Å². The van der Waals surface area contributed by atoms with Gasteiger partial charge in [-0.25, -0.2) is 0 Å². The van der Waals surface area contributed by atoms with Crippen LogP contribution in [0.5, 0.6) is 0 Å². The van der Waals surface area contributed by atoms with Gasteiger partial charge in [-0.2, -0.15) is 0 Å². The molecule has 1 aliphatic carbocycles. The summed E-state index contributed by atoms with van der Waals surface area (Å²) in [5.41, 5.74) is -0.579. The number of aryl methyl sites for hydroxylation is 1. The van der Waals surface area contributed by atoms with Crippen molar-refractivity contribution in [1.82, 2.24) is 15.5 Å². The first-order chi connectivity index (χ1) is 10.1. The smallest absolute Gasteiger partial charge is 0.307 e. The predicted octanol–water partition coefficient (Wildman–Crippen LogP) is 1.12. The first kappa shape index (κ1) is 14.0. The van der Waals surface area contributed by atoms with Crippen LogP contribution in [0.2, 0.25) is 0 Å². The average molecular weight is 293 g/mol. The summed E-state index contributed by atoms with van der Waals surface area (Å²) in [6, 6.07) is 0. The number of hydrogen-bond donors (Lipinski definition) is 1. The van der Waals surface area contributed by atoms with Gasteiger partial charge in [0.15, 0.2) is 0 Å². The number of aromatic nitrogens is 2. The fourth-order valence-corrected chi connectivity index (χ4v) is 3.24. The Labute approximate surface area is 122 Å². The van der Waals surface area contributed by atoms with E-state index in [0.717, 1.165) is 25.7 Å². The SMILES string of the molecule is CCc1nnc(CNC(=O)C2CC(=O)OC23CCCC3)o1. The zero-order valence-electron chi connectivity index (χ0n) is 12.1. The molecule has 3 rings (SSSR count). The van der Waals surface area contributed by atoms with Crippen LogP contribution >= 0.6 is 0 Å². The Balaban J connectivity index is 1.63. The summed E-state index contributed by atoms with van der Waals surface area (Å²) < 4.78 is 10.8. The molecular formula is C14H19N3O4. The van der Waals surface area contributed by atoms with Crippen LogP contribution in [0.15, 0.2) is 4.42 Å². The second-order valence-electron chi connectivity index (χ2n) is 5.66. The second-order valence-corrected chi connectivity index (χ2v) is 5.66. The molecule has 114 valence electrons. The molecule has 21 heavy (non-hydrogen) atoms. The summed E-state index contributed by atoms with van der Waals surface area (Å²) in [6.45, 7) is 2.10. The number of esters is 1. The van der Waals surface area contributed by atoms with Crippen LogP contribution in [0.25, 0.3) is 0 Å². The molecule has 0 aromatic carbocycles. The van der Waals surface area contributed by atoms with Gasteiger partial charge in [0.05, 0.1) is 18.9 Å². The lowest BCUT2D eigenvalue weighted by molar-refractivity contribution is -0.150. The van der Waals surface area contributed by atoms with E-state index in [9.17, 15) is 9.59 Å². The van der Waals surface area contributed by atoms with E-state index in [1.807, 2.05) is 6.92 Å². The van der Waals surface area contributed by atoms with E-state index in [4.69, 9.17) is 9.15 Å². The van der Waals surface area contributed by atoms with Gasteiger partial charge >= 0.3 is 5.97 Å². The molecule has 0 radical (unpaired) electrons. The summed E-state index contributed by atoms with van der Waals surface area (Å²) in [4.78, 5) is 24.0. The average Bonchev–Trinajstić information content (AvgIpc) is 3.18. The van der Waals surface area contributed by atoms with Crippen LogP contribution in [0.4, 0.5) is 0 Å². The van der Waals surface area contributed by atoms with Gasteiger partial charge < -0.3 is 14.5 Å². The monoisotopic (exact) mass is 293 g/mol. The third-order valence-corrected chi connectivity index (χ3v) is 4.31. The minimum absolute atomic E-state index is 0.163.